The van der Waals surface area contributed by atoms with E-state index < -0.39 is 0 Å². The van der Waals surface area contributed by atoms with Gasteiger partial charge in [-0.05, 0) is 59.3 Å². The smallest absolute Gasteiger partial charge is 0.262 e. The van der Waals surface area contributed by atoms with Gasteiger partial charge in [0.1, 0.15) is 5.75 Å². The molecule has 0 radical (unpaired) electrons. The Bertz CT molecular complexity index is 1120. The number of pyridine rings is 1. The number of ketones is 1. The Labute approximate surface area is 165 Å². The van der Waals surface area contributed by atoms with E-state index in [2.05, 4.69) is 10.3 Å². The van der Waals surface area contributed by atoms with Crippen LogP contribution in [0.5, 0.6) is 5.75 Å². The standard InChI is InChI=1S/C22H16N2O3S/c25-21(24-18-6-3-17-13-23-10-9-16(17)12-18)14-27-19-7-4-15(5-8-19)22(26)20-2-1-11-28-20/h1-13H,14H2,(H,24,25). The van der Waals surface area contributed by atoms with Crippen LogP contribution < -0.4 is 10.1 Å². The Balaban J connectivity index is 1.34. The Morgan fingerprint density at radius 1 is 1.00 bits per heavy atom. The van der Waals surface area contributed by atoms with Crippen LogP contribution in [-0.2, 0) is 4.79 Å². The molecular weight excluding hydrogens is 372 g/mol. The number of thiophene rings is 1. The van der Waals surface area contributed by atoms with Crippen LogP contribution in [0.25, 0.3) is 10.8 Å². The molecule has 0 fully saturated rings. The van der Waals surface area contributed by atoms with Crippen LogP contribution in [0.15, 0.2) is 78.4 Å². The molecule has 0 atom stereocenters. The molecule has 1 amide bonds. The molecule has 0 aliphatic heterocycles. The molecule has 6 heteroatoms. The van der Waals surface area contributed by atoms with Gasteiger partial charge in [-0.15, -0.1) is 11.3 Å². The molecule has 4 aromatic rings. The highest BCUT2D eigenvalue weighted by Crippen LogP contribution is 2.19. The monoisotopic (exact) mass is 388 g/mol. The van der Waals surface area contributed by atoms with Crippen molar-refractivity contribution in [2.75, 3.05) is 11.9 Å². The first-order valence-electron chi connectivity index (χ1n) is 8.64. The number of hydrogen-bond donors (Lipinski definition) is 1. The minimum atomic E-state index is -0.257. The number of nitrogens with one attached hydrogen (secondary N) is 1. The van der Waals surface area contributed by atoms with Crippen molar-refractivity contribution in [3.05, 3.63) is 88.9 Å². The van der Waals surface area contributed by atoms with Crippen molar-refractivity contribution < 1.29 is 14.3 Å². The van der Waals surface area contributed by atoms with Gasteiger partial charge in [-0.25, -0.2) is 0 Å². The van der Waals surface area contributed by atoms with E-state index in [1.54, 1.807) is 42.7 Å². The van der Waals surface area contributed by atoms with Crippen molar-refractivity contribution in [3.8, 4) is 5.75 Å². The third-order valence-corrected chi connectivity index (χ3v) is 5.02. The maximum Gasteiger partial charge on any atom is 0.262 e. The molecule has 2 aromatic heterocycles. The summed E-state index contributed by atoms with van der Waals surface area (Å²) in [7, 11) is 0. The molecule has 1 N–H and O–H groups in total. The summed E-state index contributed by atoms with van der Waals surface area (Å²) >= 11 is 1.41. The highest BCUT2D eigenvalue weighted by molar-refractivity contribution is 7.12. The van der Waals surface area contributed by atoms with Gasteiger partial charge < -0.3 is 10.1 Å². The van der Waals surface area contributed by atoms with Gasteiger partial charge in [0.25, 0.3) is 5.91 Å². The summed E-state index contributed by atoms with van der Waals surface area (Å²) in [6, 6.07) is 17.9. The average Bonchev–Trinajstić information content (AvgIpc) is 3.27. The summed E-state index contributed by atoms with van der Waals surface area (Å²) in [5.74, 6) is 0.250. The fraction of sp³-hybridized carbons (Fsp3) is 0.0455. The maximum atomic E-state index is 12.3. The van der Waals surface area contributed by atoms with Crippen LogP contribution in [0.3, 0.4) is 0 Å². The fourth-order valence-corrected chi connectivity index (χ4v) is 3.45. The number of hydrogen-bond acceptors (Lipinski definition) is 5. The molecule has 138 valence electrons. The van der Waals surface area contributed by atoms with Crippen LogP contribution >= 0.6 is 11.3 Å². The predicted molar refractivity (Wildman–Crippen MR) is 110 cm³/mol. The van der Waals surface area contributed by atoms with Gasteiger partial charge in [0.15, 0.2) is 6.61 Å². The summed E-state index contributed by atoms with van der Waals surface area (Å²) in [5, 5.41) is 6.69. The highest BCUT2D eigenvalue weighted by Gasteiger charge is 2.10. The van der Waals surface area contributed by atoms with Crippen molar-refractivity contribution in [3.63, 3.8) is 0 Å². The number of nitrogens with zero attached hydrogens (tertiary/aromatic N) is 1. The van der Waals surface area contributed by atoms with E-state index in [0.29, 0.717) is 21.9 Å². The predicted octanol–water partition coefficient (Wildman–Crippen LogP) is 4.54. The van der Waals surface area contributed by atoms with E-state index >= 15 is 0 Å². The lowest BCUT2D eigenvalue weighted by Crippen LogP contribution is -2.20. The molecule has 2 aromatic carbocycles. The number of amides is 1. The first-order valence-corrected chi connectivity index (χ1v) is 9.52. The van der Waals surface area contributed by atoms with Gasteiger partial charge in [0, 0.05) is 29.0 Å². The molecule has 0 saturated carbocycles. The number of ether oxygens (including phenoxy) is 1. The lowest BCUT2D eigenvalue weighted by atomic mass is 10.1. The van der Waals surface area contributed by atoms with Gasteiger partial charge in [-0.2, -0.15) is 0 Å². The number of carbonyl (C=O) groups excluding carboxylic acids is 2. The number of aromatic nitrogens is 1. The summed E-state index contributed by atoms with van der Waals surface area (Å²) in [4.78, 5) is 29.2. The summed E-state index contributed by atoms with van der Waals surface area (Å²) in [6.45, 7) is -0.118. The third kappa shape index (κ3) is 4.07. The van der Waals surface area contributed by atoms with Crippen molar-refractivity contribution >= 4 is 39.5 Å². The van der Waals surface area contributed by atoms with Crippen LogP contribution in [0, 0.1) is 0 Å². The molecule has 0 aliphatic rings. The van der Waals surface area contributed by atoms with E-state index in [-0.39, 0.29) is 18.3 Å². The number of anilines is 1. The summed E-state index contributed by atoms with van der Waals surface area (Å²) in [6.07, 6.45) is 3.49. The second-order valence-corrected chi connectivity index (χ2v) is 7.05. The second kappa shape index (κ2) is 8.02. The van der Waals surface area contributed by atoms with Gasteiger partial charge in [0.2, 0.25) is 5.78 Å². The summed E-state index contributed by atoms with van der Waals surface area (Å²) in [5.41, 5.74) is 1.29. The van der Waals surface area contributed by atoms with Crippen molar-refractivity contribution in [2.24, 2.45) is 0 Å². The van der Waals surface area contributed by atoms with Crippen molar-refractivity contribution in [1.82, 2.24) is 4.98 Å². The molecule has 0 saturated heterocycles. The zero-order chi connectivity index (χ0) is 19.3. The molecule has 0 aliphatic carbocycles. The number of benzene rings is 2. The van der Waals surface area contributed by atoms with Crippen molar-refractivity contribution in [2.45, 2.75) is 0 Å². The minimum Gasteiger partial charge on any atom is -0.484 e. The van der Waals surface area contributed by atoms with Crippen LogP contribution in [0.1, 0.15) is 15.2 Å². The molecule has 28 heavy (non-hydrogen) atoms. The molecule has 4 rings (SSSR count). The largest absolute Gasteiger partial charge is 0.484 e. The SMILES string of the molecule is O=C(COc1ccc(C(=O)c2cccs2)cc1)Nc1ccc2cnccc2c1. The van der Waals surface area contributed by atoms with E-state index in [1.165, 1.54) is 11.3 Å². The molecular formula is C22H16N2O3S. The Hall–Kier alpha value is -3.51. The minimum absolute atomic E-state index is 0.0224. The normalized spacial score (nSPS) is 10.6. The average molecular weight is 388 g/mol. The van der Waals surface area contributed by atoms with E-state index in [9.17, 15) is 9.59 Å². The van der Waals surface area contributed by atoms with E-state index in [4.69, 9.17) is 4.74 Å². The molecule has 0 unspecified atom stereocenters. The first kappa shape index (κ1) is 17.9. The lowest BCUT2D eigenvalue weighted by molar-refractivity contribution is -0.118. The molecule has 2 heterocycles. The lowest BCUT2D eigenvalue weighted by Gasteiger charge is -2.09. The number of rotatable bonds is 6. The second-order valence-electron chi connectivity index (χ2n) is 6.11. The van der Waals surface area contributed by atoms with Crippen LogP contribution in [0.2, 0.25) is 0 Å². The first-order chi connectivity index (χ1) is 13.7. The van der Waals surface area contributed by atoms with Crippen LogP contribution in [-0.4, -0.2) is 23.3 Å². The van der Waals surface area contributed by atoms with Crippen LogP contribution in [0.4, 0.5) is 5.69 Å². The zero-order valence-corrected chi connectivity index (χ0v) is 15.6. The van der Waals surface area contributed by atoms with Crippen molar-refractivity contribution in [1.29, 1.82) is 0 Å². The van der Waals surface area contributed by atoms with Gasteiger partial charge in [-0.3, -0.25) is 14.6 Å². The number of fused-ring (bicyclic) bond motifs is 1. The van der Waals surface area contributed by atoms with Gasteiger partial charge in [0.05, 0.1) is 4.88 Å². The molecule has 5 nitrogen and oxygen atoms in total. The summed E-state index contributed by atoms with van der Waals surface area (Å²) < 4.78 is 5.52. The zero-order valence-electron chi connectivity index (χ0n) is 14.8. The molecule has 0 bridgehead atoms. The van der Waals surface area contributed by atoms with Gasteiger partial charge >= 0.3 is 0 Å². The molecule has 0 spiro atoms. The maximum absolute atomic E-state index is 12.3. The Morgan fingerprint density at radius 3 is 2.64 bits per heavy atom. The topological polar surface area (TPSA) is 68.3 Å². The van der Waals surface area contributed by atoms with E-state index in [1.807, 2.05) is 35.7 Å². The quantitative estimate of drug-likeness (QED) is 0.492. The third-order valence-electron chi connectivity index (χ3n) is 4.16. The Kier molecular flexibility index (Phi) is 5.12. The number of carbonyl (C=O) groups is 2. The Morgan fingerprint density at radius 2 is 1.86 bits per heavy atom. The highest BCUT2D eigenvalue weighted by atomic mass is 32.1. The van der Waals surface area contributed by atoms with Gasteiger partial charge in [-0.1, -0.05) is 12.1 Å². The fourth-order valence-electron chi connectivity index (χ4n) is 2.76. The van der Waals surface area contributed by atoms with E-state index in [0.717, 1.165) is 10.8 Å².